The number of hydrogen-bond acceptors (Lipinski definition) is 10. The molecule has 1 aromatic heterocycles. The van der Waals surface area contributed by atoms with E-state index in [1.54, 1.807) is 24.3 Å². The summed E-state index contributed by atoms with van der Waals surface area (Å²) >= 11 is 3.34. The number of amides is 2. The lowest BCUT2D eigenvalue weighted by atomic mass is 9.91. The molecule has 0 unspecified atom stereocenters. The number of carbonyl (C=O) groups excluding carboxylic acids is 2. The number of hydrogen-bond donors (Lipinski definition) is 3. The van der Waals surface area contributed by atoms with Gasteiger partial charge >= 0.3 is 12.2 Å². The zero-order chi connectivity index (χ0) is 40.9. The number of ether oxygens (including phenoxy) is 4. The molecule has 14 heteroatoms. The van der Waals surface area contributed by atoms with Gasteiger partial charge in [0, 0.05) is 21.8 Å². The molecular weight excluding hydrogens is 759 g/mol. The van der Waals surface area contributed by atoms with Crippen molar-refractivity contribution in [3.05, 3.63) is 70.1 Å². The fraction of sp³-hybridized carbons (Fsp3) is 0.475. The van der Waals surface area contributed by atoms with Crippen LogP contribution in [0.3, 0.4) is 0 Å². The summed E-state index contributed by atoms with van der Waals surface area (Å²) in [4.78, 5) is 27.3. The minimum atomic E-state index is -0.832. The van der Waals surface area contributed by atoms with Crippen LogP contribution in [0, 0.1) is 40.3 Å². The SMILES string of the molecule is CC(C)C[C@@](C)(COc1ccc(Br)cc1C#N)NC(=O)OC(C)(C)C.COC(=O)Nc1nccc(-c2ccc(OC[C@@](C)(N)CC(C)C)c(C#N)c2)c1F. The van der Waals surface area contributed by atoms with E-state index < -0.39 is 34.7 Å². The van der Waals surface area contributed by atoms with Crippen molar-refractivity contribution in [2.45, 2.75) is 91.8 Å². The first-order valence-corrected chi connectivity index (χ1v) is 18.2. The highest BCUT2D eigenvalue weighted by molar-refractivity contribution is 9.10. The number of nitrogens with two attached hydrogens (primary N) is 1. The first-order chi connectivity index (χ1) is 25.1. The van der Waals surface area contributed by atoms with Crippen LogP contribution in [0.25, 0.3) is 11.1 Å². The van der Waals surface area contributed by atoms with Gasteiger partial charge in [-0.2, -0.15) is 10.5 Å². The van der Waals surface area contributed by atoms with Crippen LogP contribution < -0.4 is 25.8 Å². The van der Waals surface area contributed by atoms with Crippen molar-refractivity contribution in [3.63, 3.8) is 0 Å². The molecular formula is C40H52BrFN6O6. The predicted molar refractivity (Wildman–Crippen MR) is 209 cm³/mol. The molecule has 12 nitrogen and oxygen atoms in total. The molecule has 1 heterocycles. The molecule has 292 valence electrons. The molecule has 0 bridgehead atoms. The van der Waals surface area contributed by atoms with Crippen molar-refractivity contribution in [1.29, 1.82) is 10.5 Å². The van der Waals surface area contributed by atoms with Gasteiger partial charge in [-0.25, -0.2) is 19.0 Å². The summed E-state index contributed by atoms with van der Waals surface area (Å²) in [5.74, 6) is 0.631. The molecule has 2 aromatic carbocycles. The predicted octanol–water partition coefficient (Wildman–Crippen LogP) is 9.11. The molecule has 0 saturated heterocycles. The Kier molecular flexibility index (Phi) is 16.7. The number of aromatic nitrogens is 1. The highest BCUT2D eigenvalue weighted by Crippen LogP contribution is 2.31. The topological polar surface area (TPSA) is 182 Å². The Hall–Kier alpha value is -4.92. The zero-order valence-corrected chi connectivity index (χ0v) is 34.3. The number of halogens is 2. The van der Waals surface area contributed by atoms with Crippen molar-refractivity contribution in [2.75, 3.05) is 25.6 Å². The average molecular weight is 812 g/mol. The van der Waals surface area contributed by atoms with Gasteiger partial charge in [0.2, 0.25) is 0 Å². The van der Waals surface area contributed by atoms with Gasteiger partial charge in [-0.15, -0.1) is 0 Å². The van der Waals surface area contributed by atoms with Gasteiger partial charge in [-0.3, -0.25) is 5.32 Å². The molecule has 2 amide bonds. The van der Waals surface area contributed by atoms with Crippen molar-refractivity contribution < 1.29 is 32.9 Å². The summed E-state index contributed by atoms with van der Waals surface area (Å²) in [6.45, 7) is 18.1. The van der Waals surface area contributed by atoms with Crippen LogP contribution in [0.5, 0.6) is 11.5 Å². The summed E-state index contributed by atoms with van der Waals surface area (Å²) in [6.07, 6.45) is 1.53. The number of carbonyl (C=O) groups is 2. The van der Waals surface area contributed by atoms with Crippen molar-refractivity contribution in [2.24, 2.45) is 17.6 Å². The molecule has 0 spiro atoms. The number of nitrogens with zero attached hydrogens (tertiary/aromatic N) is 3. The summed E-state index contributed by atoms with van der Waals surface area (Å²) < 4.78 is 37.0. The van der Waals surface area contributed by atoms with Crippen LogP contribution >= 0.6 is 15.9 Å². The van der Waals surface area contributed by atoms with Crippen LogP contribution in [0.15, 0.2) is 53.1 Å². The molecule has 3 aromatic rings. The summed E-state index contributed by atoms with van der Waals surface area (Å²) in [5, 5.41) is 23.9. The maximum absolute atomic E-state index is 14.8. The minimum Gasteiger partial charge on any atom is -0.490 e. The number of rotatable bonds is 13. The standard InChI is InChI=1S/C21H25FN4O3.C19H27BrN2O3/c1-13(2)10-21(3,24)12-29-17-6-5-14(9-15(17)11-23)16-7-8-25-19(18(16)22)26-20(27)28-4;1-13(2)10-19(6,22-17(23)25-18(3,4)5)12-24-16-8-7-15(20)9-14(16)11-21/h5-9,13H,10,12,24H2,1-4H3,(H,25,26,27);7-9,13H,10,12H2,1-6H3,(H,22,23)/t21-;19-/m00/s1. The zero-order valence-electron chi connectivity index (χ0n) is 32.7. The molecule has 54 heavy (non-hydrogen) atoms. The molecule has 4 N–H and O–H groups in total. The Morgan fingerprint density at radius 1 is 0.889 bits per heavy atom. The molecule has 0 fully saturated rings. The van der Waals surface area contributed by atoms with Crippen LogP contribution in [0.4, 0.5) is 19.8 Å². The lowest BCUT2D eigenvalue weighted by Gasteiger charge is -2.33. The van der Waals surface area contributed by atoms with Gasteiger partial charge in [0.25, 0.3) is 0 Å². The number of nitrogens with one attached hydrogen (secondary N) is 2. The van der Waals surface area contributed by atoms with Gasteiger partial charge in [0.15, 0.2) is 11.6 Å². The highest BCUT2D eigenvalue weighted by atomic mass is 79.9. The van der Waals surface area contributed by atoms with Crippen LogP contribution in [-0.2, 0) is 9.47 Å². The Bertz CT molecular complexity index is 1830. The van der Waals surface area contributed by atoms with E-state index in [-0.39, 0.29) is 30.2 Å². The lowest BCUT2D eigenvalue weighted by molar-refractivity contribution is 0.0408. The normalized spacial score (nSPS) is 13.2. The monoisotopic (exact) mass is 810 g/mol. The molecule has 2 atom stereocenters. The van der Waals surface area contributed by atoms with Crippen LogP contribution in [-0.4, -0.2) is 54.2 Å². The fourth-order valence-corrected chi connectivity index (χ4v) is 5.96. The van der Waals surface area contributed by atoms with E-state index in [0.717, 1.165) is 10.9 Å². The van der Waals surface area contributed by atoms with E-state index in [0.29, 0.717) is 40.9 Å². The van der Waals surface area contributed by atoms with Crippen molar-refractivity contribution >= 4 is 33.9 Å². The van der Waals surface area contributed by atoms with E-state index in [2.05, 4.69) is 76.1 Å². The van der Waals surface area contributed by atoms with E-state index in [4.69, 9.17) is 19.9 Å². The number of methoxy groups -OCH3 is 1. The van der Waals surface area contributed by atoms with Crippen LogP contribution in [0.1, 0.15) is 86.3 Å². The number of alkyl carbamates (subject to hydrolysis) is 1. The Morgan fingerprint density at radius 2 is 1.46 bits per heavy atom. The van der Waals surface area contributed by atoms with Gasteiger partial charge < -0.3 is 30.0 Å². The molecule has 0 saturated carbocycles. The van der Waals surface area contributed by atoms with Gasteiger partial charge in [-0.1, -0.05) is 49.7 Å². The maximum atomic E-state index is 14.8. The third kappa shape index (κ3) is 15.2. The lowest BCUT2D eigenvalue weighted by Crippen LogP contribution is -2.52. The second-order valence-electron chi connectivity index (χ2n) is 15.3. The van der Waals surface area contributed by atoms with E-state index >= 15 is 0 Å². The largest absolute Gasteiger partial charge is 0.490 e. The van der Waals surface area contributed by atoms with E-state index in [9.17, 15) is 24.5 Å². The summed E-state index contributed by atoms with van der Waals surface area (Å²) in [7, 11) is 1.17. The quantitative estimate of drug-likeness (QED) is 0.151. The first-order valence-electron chi connectivity index (χ1n) is 17.4. The molecule has 0 aliphatic rings. The Morgan fingerprint density at radius 3 is 2.02 bits per heavy atom. The molecule has 0 radical (unpaired) electrons. The molecule has 0 aliphatic heterocycles. The van der Waals surface area contributed by atoms with Gasteiger partial charge in [0.1, 0.15) is 42.5 Å². The number of benzene rings is 2. The number of nitriles is 2. The fourth-order valence-electron chi connectivity index (χ4n) is 5.60. The minimum absolute atomic E-state index is 0.179. The molecule has 3 rings (SSSR count). The smallest absolute Gasteiger partial charge is 0.412 e. The summed E-state index contributed by atoms with van der Waals surface area (Å²) in [5.41, 5.74) is 5.86. The van der Waals surface area contributed by atoms with E-state index in [1.165, 1.54) is 25.4 Å². The van der Waals surface area contributed by atoms with Gasteiger partial charge in [-0.05, 0) is 101 Å². The second kappa shape index (κ2) is 20.0. The van der Waals surface area contributed by atoms with Crippen LogP contribution in [0.2, 0.25) is 0 Å². The van der Waals surface area contributed by atoms with E-state index in [1.807, 2.05) is 40.7 Å². The van der Waals surface area contributed by atoms with Gasteiger partial charge in [0.05, 0.1) is 23.8 Å². The number of pyridine rings is 1. The Balaban J connectivity index is 0.000000378. The van der Waals surface area contributed by atoms with Crippen molar-refractivity contribution in [1.82, 2.24) is 10.3 Å². The molecule has 0 aliphatic carbocycles. The summed E-state index contributed by atoms with van der Waals surface area (Å²) in [6, 6.07) is 15.7. The average Bonchev–Trinajstić information content (AvgIpc) is 3.06. The maximum Gasteiger partial charge on any atom is 0.412 e. The second-order valence-corrected chi connectivity index (χ2v) is 16.2. The highest BCUT2D eigenvalue weighted by Gasteiger charge is 2.31. The first kappa shape index (κ1) is 45.2. The number of anilines is 1. The third-order valence-corrected chi connectivity index (χ3v) is 7.90. The Labute approximate surface area is 326 Å². The van der Waals surface area contributed by atoms with Crippen molar-refractivity contribution in [3.8, 4) is 34.8 Å². The third-order valence-electron chi connectivity index (χ3n) is 7.41.